The van der Waals surface area contributed by atoms with Crippen molar-refractivity contribution in [1.29, 1.82) is 0 Å². The second-order valence-corrected chi connectivity index (χ2v) is 5.56. The van der Waals surface area contributed by atoms with E-state index in [9.17, 15) is 4.79 Å². The normalized spacial score (nSPS) is 11.3. The van der Waals surface area contributed by atoms with Crippen LogP contribution in [0.15, 0.2) is 35.3 Å². The summed E-state index contributed by atoms with van der Waals surface area (Å²) in [4.78, 5) is 17.4. The van der Waals surface area contributed by atoms with E-state index in [2.05, 4.69) is 10.3 Å². The molecule has 3 N–H and O–H groups in total. The third-order valence-corrected chi connectivity index (χ3v) is 3.38. The number of carbonyl (C=O) groups is 1. The number of nitrogens with two attached hydrogens (primary N) is 1. The van der Waals surface area contributed by atoms with Gasteiger partial charge < -0.3 is 16.0 Å². The molecule has 22 heavy (non-hydrogen) atoms. The maximum Gasteiger partial charge on any atom is 0.222 e. The van der Waals surface area contributed by atoms with E-state index in [-0.39, 0.29) is 5.91 Å². The topological polar surface area (TPSA) is 70.7 Å². The van der Waals surface area contributed by atoms with E-state index in [1.807, 2.05) is 30.3 Å². The first-order chi connectivity index (χ1) is 10.6. The van der Waals surface area contributed by atoms with Gasteiger partial charge in [0.2, 0.25) is 5.91 Å². The van der Waals surface area contributed by atoms with Crippen LogP contribution in [0, 0.1) is 0 Å². The number of anilines is 1. The van der Waals surface area contributed by atoms with Crippen LogP contribution in [0.1, 0.15) is 38.5 Å². The number of hydrogen-bond acceptors (Lipinski definition) is 2. The summed E-state index contributed by atoms with van der Waals surface area (Å²) in [6, 6.07) is 9.78. The summed E-state index contributed by atoms with van der Waals surface area (Å²) < 4.78 is 0. The fourth-order valence-corrected chi connectivity index (χ4v) is 2.05. The zero-order valence-electron chi connectivity index (χ0n) is 13.7. The fourth-order valence-electron chi connectivity index (χ4n) is 2.05. The SMILES string of the molecule is CN(C)C(=O)CCCCCCCN=C(N)Nc1ccccc1. The van der Waals surface area contributed by atoms with Gasteiger partial charge in [-0.15, -0.1) is 0 Å². The third kappa shape index (κ3) is 8.29. The van der Waals surface area contributed by atoms with E-state index in [1.165, 1.54) is 0 Å². The Kier molecular flexibility index (Phi) is 8.72. The Labute approximate surface area is 133 Å². The second-order valence-electron chi connectivity index (χ2n) is 5.56. The van der Waals surface area contributed by atoms with Crippen LogP contribution >= 0.6 is 0 Å². The molecule has 0 saturated heterocycles. The van der Waals surface area contributed by atoms with Crippen molar-refractivity contribution in [2.24, 2.45) is 10.7 Å². The summed E-state index contributed by atoms with van der Waals surface area (Å²) in [5.41, 5.74) is 6.78. The van der Waals surface area contributed by atoms with Crippen LogP contribution in [0.25, 0.3) is 0 Å². The highest BCUT2D eigenvalue weighted by molar-refractivity contribution is 5.92. The molecule has 1 aromatic carbocycles. The molecule has 1 amide bonds. The predicted octanol–water partition coefficient (Wildman–Crippen LogP) is 2.84. The van der Waals surface area contributed by atoms with Gasteiger partial charge in [-0.2, -0.15) is 0 Å². The van der Waals surface area contributed by atoms with Crippen molar-refractivity contribution in [1.82, 2.24) is 4.90 Å². The molecular formula is C17H28N4O. The van der Waals surface area contributed by atoms with Crippen LogP contribution in [-0.4, -0.2) is 37.4 Å². The molecule has 1 aromatic rings. The summed E-state index contributed by atoms with van der Waals surface area (Å²) in [5.74, 6) is 0.673. The third-order valence-electron chi connectivity index (χ3n) is 3.38. The summed E-state index contributed by atoms with van der Waals surface area (Å²) in [7, 11) is 3.60. The van der Waals surface area contributed by atoms with Gasteiger partial charge in [0, 0.05) is 32.7 Å². The Balaban J connectivity index is 2.03. The van der Waals surface area contributed by atoms with Crippen LogP contribution in [0.2, 0.25) is 0 Å². The number of para-hydroxylation sites is 1. The Hall–Kier alpha value is -2.04. The first-order valence-electron chi connectivity index (χ1n) is 7.91. The number of amides is 1. The molecule has 0 unspecified atom stereocenters. The van der Waals surface area contributed by atoms with Crippen LogP contribution in [0.3, 0.4) is 0 Å². The summed E-state index contributed by atoms with van der Waals surface area (Å²) in [6.45, 7) is 0.738. The maximum atomic E-state index is 11.4. The average molecular weight is 304 g/mol. The highest BCUT2D eigenvalue weighted by Crippen LogP contribution is 2.07. The van der Waals surface area contributed by atoms with Crippen LogP contribution < -0.4 is 11.1 Å². The smallest absolute Gasteiger partial charge is 0.222 e. The minimum absolute atomic E-state index is 0.212. The van der Waals surface area contributed by atoms with E-state index in [4.69, 9.17) is 5.73 Å². The fraction of sp³-hybridized carbons (Fsp3) is 0.529. The molecule has 0 bridgehead atoms. The van der Waals surface area contributed by atoms with Gasteiger partial charge in [-0.05, 0) is 25.0 Å². The number of hydrogen-bond donors (Lipinski definition) is 2. The monoisotopic (exact) mass is 304 g/mol. The van der Waals surface area contributed by atoms with Crippen LogP contribution in [0.5, 0.6) is 0 Å². The number of benzene rings is 1. The molecule has 0 radical (unpaired) electrons. The van der Waals surface area contributed by atoms with Gasteiger partial charge in [0.05, 0.1) is 0 Å². The van der Waals surface area contributed by atoms with Crippen molar-refractivity contribution >= 4 is 17.6 Å². The largest absolute Gasteiger partial charge is 0.370 e. The molecule has 0 atom stereocenters. The lowest BCUT2D eigenvalue weighted by Crippen LogP contribution is -2.22. The van der Waals surface area contributed by atoms with Gasteiger partial charge >= 0.3 is 0 Å². The van der Waals surface area contributed by atoms with E-state index in [1.54, 1.807) is 19.0 Å². The van der Waals surface area contributed by atoms with Gasteiger partial charge in [0.15, 0.2) is 5.96 Å². The van der Waals surface area contributed by atoms with Crippen molar-refractivity contribution in [2.75, 3.05) is 26.0 Å². The minimum atomic E-state index is 0.212. The number of nitrogens with one attached hydrogen (secondary N) is 1. The Morgan fingerprint density at radius 1 is 1.09 bits per heavy atom. The second kappa shape index (κ2) is 10.7. The molecule has 0 aliphatic rings. The molecule has 0 saturated carbocycles. The lowest BCUT2D eigenvalue weighted by Gasteiger charge is -2.09. The molecule has 5 nitrogen and oxygen atoms in total. The Bertz CT molecular complexity index is 457. The highest BCUT2D eigenvalue weighted by atomic mass is 16.2. The molecule has 0 heterocycles. The van der Waals surface area contributed by atoms with Crippen molar-refractivity contribution in [3.63, 3.8) is 0 Å². The van der Waals surface area contributed by atoms with Gasteiger partial charge in [-0.25, -0.2) is 0 Å². The van der Waals surface area contributed by atoms with Gasteiger partial charge in [-0.3, -0.25) is 9.79 Å². The van der Waals surface area contributed by atoms with Gasteiger partial charge in [-0.1, -0.05) is 37.5 Å². The Morgan fingerprint density at radius 2 is 1.73 bits per heavy atom. The van der Waals surface area contributed by atoms with Crippen molar-refractivity contribution < 1.29 is 4.79 Å². The zero-order chi connectivity index (χ0) is 16.2. The molecule has 122 valence electrons. The van der Waals surface area contributed by atoms with Crippen LogP contribution in [-0.2, 0) is 4.79 Å². The maximum absolute atomic E-state index is 11.4. The summed E-state index contributed by atoms with van der Waals surface area (Å²) in [5, 5.41) is 3.06. The summed E-state index contributed by atoms with van der Waals surface area (Å²) >= 11 is 0. The average Bonchev–Trinajstić information content (AvgIpc) is 2.50. The molecular weight excluding hydrogens is 276 g/mol. The van der Waals surface area contributed by atoms with Gasteiger partial charge in [0.1, 0.15) is 0 Å². The number of guanidine groups is 1. The number of aliphatic imine (C=N–C) groups is 1. The first kappa shape index (κ1) is 18.0. The molecule has 0 spiro atoms. The molecule has 0 aromatic heterocycles. The molecule has 1 rings (SSSR count). The number of carbonyl (C=O) groups excluding carboxylic acids is 1. The van der Waals surface area contributed by atoms with Crippen molar-refractivity contribution in [3.8, 4) is 0 Å². The van der Waals surface area contributed by atoms with Crippen molar-refractivity contribution in [2.45, 2.75) is 38.5 Å². The minimum Gasteiger partial charge on any atom is -0.370 e. The standard InChI is InChI=1S/C17H28N4O/c1-21(2)16(22)13-9-4-3-5-10-14-19-17(18)20-15-11-7-6-8-12-15/h6-8,11-12H,3-5,9-10,13-14H2,1-2H3,(H3,18,19,20). The molecule has 0 aliphatic heterocycles. The van der Waals surface area contributed by atoms with E-state index < -0.39 is 0 Å². The first-order valence-corrected chi connectivity index (χ1v) is 7.91. The van der Waals surface area contributed by atoms with E-state index >= 15 is 0 Å². The Morgan fingerprint density at radius 3 is 2.41 bits per heavy atom. The molecule has 0 fully saturated rings. The predicted molar refractivity (Wildman–Crippen MR) is 93.0 cm³/mol. The number of unbranched alkanes of at least 4 members (excludes halogenated alkanes) is 4. The van der Waals surface area contributed by atoms with Crippen LogP contribution in [0.4, 0.5) is 5.69 Å². The molecule has 0 aliphatic carbocycles. The van der Waals surface area contributed by atoms with E-state index in [0.717, 1.165) is 44.3 Å². The number of nitrogens with zero attached hydrogens (tertiary/aromatic N) is 2. The quantitative estimate of drug-likeness (QED) is 0.419. The number of rotatable bonds is 9. The highest BCUT2D eigenvalue weighted by Gasteiger charge is 2.02. The lowest BCUT2D eigenvalue weighted by atomic mass is 10.1. The van der Waals surface area contributed by atoms with E-state index in [0.29, 0.717) is 12.4 Å². The lowest BCUT2D eigenvalue weighted by molar-refractivity contribution is -0.128. The molecule has 5 heteroatoms. The summed E-state index contributed by atoms with van der Waals surface area (Å²) in [6.07, 6.45) is 6.01. The zero-order valence-corrected chi connectivity index (χ0v) is 13.7. The van der Waals surface area contributed by atoms with Gasteiger partial charge in [0.25, 0.3) is 0 Å². The van der Waals surface area contributed by atoms with Crippen molar-refractivity contribution in [3.05, 3.63) is 30.3 Å².